The van der Waals surface area contributed by atoms with Crippen LogP contribution in [0.2, 0.25) is 0 Å². The summed E-state index contributed by atoms with van der Waals surface area (Å²) in [6, 6.07) is 2.85. The number of hydrogen-bond donors (Lipinski definition) is 2. The lowest BCUT2D eigenvalue weighted by atomic mass is 10.3. The van der Waals surface area contributed by atoms with Crippen molar-refractivity contribution in [3.63, 3.8) is 0 Å². The van der Waals surface area contributed by atoms with E-state index >= 15 is 0 Å². The van der Waals surface area contributed by atoms with Gasteiger partial charge in [0.25, 0.3) is 0 Å². The fourth-order valence-corrected chi connectivity index (χ4v) is 2.07. The van der Waals surface area contributed by atoms with E-state index in [1.54, 1.807) is 6.92 Å². The molecule has 0 heterocycles. The number of aliphatic carboxylic acids is 1. The van der Waals surface area contributed by atoms with Crippen LogP contribution in [0, 0.1) is 11.6 Å². The van der Waals surface area contributed by atoms with E-state index in [0.29, 0.717) is 6.07 Å². The lowest BCUT2D eigenvalue weighted by Crippen LogP contribution is -2.17. The number of halogens is 2. The van der Waals surface area contributed by atoms with Crippen molar-refractivity contribution in [1.82, 2.24) is 0 Å². The van der Waals surface area contributed by atoms with Gasteiger partial charge in [0.15, 0.2) is 0 Å². The Morgan fingerprint density at radius 3 is 2.68 bits per heavy atom. The maximum atomic E-state index is 13.2. The predicted molar refractivity (Wildman–Crippen MR) is 69.2 cm³/mol. The molecule has 1 unspecified atom stereocenters. The number of carbonyl (C=O) groups is 2. The molecular formula is C12H13F2NO3S. The van der Waals surface area contributed by atoms with Crippen molar-refractivity contribution in [3.05, 3.63) is 29.8 Å². The van der Waals surface area contributed by atoms with Gasteiger partial charge in [0.05, 0.1) is 17.9 Å². The van der Waals surface area contributed by atoms with Gasteiger partial charge in [-0.2, -0.15) is 0 Å². The first-order valence-corrected chi connectivity index (χ1v) is 6.51. The largest absolute Gasteiger partial charge is 0.481 e. The molecule has 19 heavy (non-hydrogen) atoms. The summed E-state index contributed by atoms with van der Waals surface area (Å²) in [5, 5.41) is 10.6. The van der Waals surface area contributed by atoms with E-state index in [0.717, 1.165) is 23.9 Å². The van der Waals surface area contributed by atoms with Crippen LogP contribution in [-0.2, 0) is 9.59 Å². The Hall–Kier alpha value is -1.63. The first-order valence-electron chi connectivity index (χ1n) is 5.46. The van der Waals surface area contributed by atoms with Crippen molar-refractivity contribution < 1.29 is 23.5 Å². The van der Waals surface area contributed by atoms with Crippen LogP contribution in [0.25, 0.3) is 0 Å². The zero-order valence-electron chi connectivity index (χ0n) is 10.2. The SMILES string of the molecule is CC(CC(=O)O)SCC(=O)Nc1ccc(F)cc1F. The summed E-state index contributed by atoms with van der Waals surface area (Å²) in [6.45, 7) is 1.69. The summed E-state index contributed by atoms with van der Waals surface area (Å²) < 4.78 is 25.9. The normalized spacial score (nSPS) is 11.9. The second-order valence-corrected chi connectivity index (χ2v) is 5.32. The molecule has 0 saturated heterocycles. The average molecular weight is 289 g/mol. The predicted octanol–water partition coefficient (Wildman–Crippen LogP) is 2.50. The standard InChI is InChI=1S/C12H13F2NO3S/c1-7(4-12(17)18)19-6-11(16)15-10-3-2-8(13)5-9(10)14/h2-3,5,7H,4,6H2,1H3,(H,15,16)(H,17,18). The van der Waals surface area contributed by atoms with Gasteiger partial charge in [-0.25, -0.2) is 8.78 Å². The summed E-state index contributed by atoms with van der Waals surface area (Å²) in [6.07, 6.45) is -0.0527. The van der Waals surface area contributed by atoms with Crippen molar-refractivity contribution in [3.8, 4) is 0 Å². The molecule has 1 aromatic carbocycles. The van der Waals surface area contributed by atoms with Gasteiger partial charge in [-0.15, -0.1) is 11.8 Å². The molecule has 1 amide bonds. The molecule has 2 N–H and O–H groups in total. The summed E-state index contributed by atoms with van der Waals surface area (Å²) in [7, 11) is 0. The molecule has 0 aliphatic rings. The third-order valence-corrected chi connectivity index (χ3v) is 3.33. The van der Waals surface area contributed by atoms with Gasteiger partial charge in [-0.1, -0.05) is 6.92 Å². The molecule has 0 bridgehead atoms. The van der Waals surface area contributed by atoms with E-state index in [1.807, 2.05) is 0 Å². The number of carbonyl (C=O) groups excluding carboxylic acids is 1. The number of nitrogens with one attached hydrogen (secondary N) is 1. The van der Waals surface area contributed by atoms with Crippen LogP contribution in [0.1, 0.15) is 13.3 Å². The third kappa shape index (κ3) is 5.69. The Morgan fingerprint density at radius 1 is 1.42 bits per heavy atom. The Balaban J connectivity index is 2.45. The Labute approximate surface area is 113 Å². The Bertz CT molecular complexity index is 482. The maximum Gasteiger partial charge on any atom is 0.304 e. The number of carboxylic acid groups (broad SMARTS) is 1. The lowest BCUT2D eigenvalue weighted by molar-refractivity contribution is -0.136. The van der Waals surface area contributed by atoms with E-state index in [2.05, 4.69) is 5.32 Å². The third-order valence-electron chi connectivity index (χ3n) is 2.17. The Morgan fingerprint density at radius 2 is 2.11 bits per heavy atom. The van der Waals surface area contributed by atoms with Crippen LogP contribution >= 0.6 is 11.8 Å². The molecule has 1 rings (SSSR count). The number of hydrogen-bond acceptors (Lipinski definition) is 3. The number of amides is 1. The first kappa shape index (κ1) is 15.4. The van der Waals surface area contributed by atoms with Gasteiger partial charge < -0.3 is 10.4 Å². The van der Waals surface area contributed by atoms with Crippen LogP contribution in [0.15, 0.2) is 18.2 Å². The van der Waals surface area contributed by atoms with Gasteiger partial charge in [0, 0.05) is 11.3 Å². The van der Waals surface area contributed by atoms with Crippen molar-refractivity contribution in [2.75, 3.05) is 11.1 Å². The highest BCUT2D eigenvalue weighted by atomic mass is 32.2. The van der Waals surface area contributed by atoms with Crippen LogP contribution < -0.4 is 5.32 Å². The maximum absolute atomic E-state index is 13.2. The van der Waals surface area contributed by atoms with Crippen molar-refractivity contribution >= 4 is 29.3 Å². The summed E-state index contributed by atoms with van der Waals surface area (Å²) in [5.74, 6) is -2.97. The number of thioether (sulfide) groups is 1. The minimum absolute atomic E-state index is 0.00522. The monoisotopic (exact) mass is 289 g/mol. The molecule has 7 heteroatoms. The molecule has 0 spiro atoms. The molecular weight excluding hydrogens is 276 g/mol. The van der Waals surface area contributed by atoms with E-state index in [4.69, 9.17) is 5.11 Å². The van der Waals surface area contributed by atoms with Gasteiger partial charge in [-0.3, -0.25) is 9.59 Å². The van der Waals surface area contributed by atoms with Gasteiger partial charge in [0.2, 0.25) is 5.91 Å². The second kappa shape index (κ2) is 7.08. The topological polar surface area (TPSA) is 66.4 Å². The summed E-state index contributed by atoms with van der Waals surface area (Å²) in [4.78, 5) is 21.9. The molecule has 0 aliphatic carbocycles. The minimum atomic E-state index is -0.940. The van der Waals surface area contributed by atoms with Crippen molar-refractivity contribution in [2.45, 2.75) is 18.6 Å². The van der Waals surface area contributed by atoms with Crippen LogP contribution in [0.4, 0.5) is 14.5 Å². The highest BCUT2D eigenvalue weighted by molar-refractivity contribution is 8.00. The molecule has 0 fully saturated rings. The molecule has 4 nitrogen and oxygen atoms in total. The average Bonchev–Trinajstić information content (AvgIpc) is 2.29. The molecule has 1 atom stereocenters. The fourth-order valence-electron chi connectivity index (χ4n) is 1.30. The summed E-state index contributed by atoms with van der Waals surface area (Å²) >= 11 is 1.15. The van der Waals surface area contributed by atoms with Gasteiger partial charge >= 0.3 is 5.97 Å². The number of anilines is 1. The van der Waals surface area contributed by atoms with E-state index < -0.39 is 23.5 Å². The van der Waals surface area contributed by atoms with Crippen molar-refractivity contribution in [1.29, 1.82) is 0 Å². The van der Waals surface area contributed by atoms with Crippen molar-refractivity contribution in [2.24, 2.45) is 0 Å². The number of benzene rings is 1. The van der Waals surface area contributed by atoms with E-state index in [-0.39, 0.29) is 23.1 Å². The lowest BCUT2D eigenvalue weighted by Gasteiger charge is -2.09. The molecule has 104 valence electrons. The fraction of sp³-hybridized carbons (Fsp3) is 0.333. The molecule has 0 aliphatic heterocycles. The summed E-state index contributed by atoms with van der Waals surface area (Å²) in [5.41, 5.74) is -0.0992. The molecule has 1 aromatic rings. The highest BCUT2D eigenvalue weighted by Gasteiger charge is 2.12. The van der Waals surface area contributed by atoms with Crippen LogP contribution in [0.3, 0.4) is 0 Å². The van der Waals surface area contributed by atoms with Crippen LogP contribution in [0.5, 0.6) is 0 Å². The molecule has 0 aromatic heterocycles. The Kier molecular flexibility index (Phi) is 5.75. The minimum Gasteiger partial charge on any atom is -0.481 e. The highest BCUT2D eigenvalue weighted by Crippen LogP contribution is 2.17. The second-order valence-electron chi connectivity index (χ2n) is 3.89. The molecule has 0 saturated carbocycles. The first-order chi connectivity index (χ1) is 8.88. The van der Waals surface area contributed by atoms with Crippen LogP contribution in [-0.4, -0.2) is 28.0 Å². The zero-order chi connectivity index (χ0) is 14.4. The molecule has 0 radical (unpaired) electrons. The van der Waals surface area contributed by atoms with Gasteiger partial charge in [0.1, 0.15) is 11.6 Å². The van der Waals surface area contributed by atoms with E-state index in [1.165, 1.54) is 0 Å². The quantitative estimate of drug-likeness (QED) is 0.844. The number of carboxylic acids is 1. The zero-order valence-corrected chi connectivity index (χ0v) is 11.0. The smallest absolute Gasteiger partial charge is 0.304 e. The number of rotatable bonds is 6. The van der Waals surface area contributed by atoms with Gasteiger partial charge in [-0.05, 0) is 12.1 Å². The van der Waals surface area contributed by atoms with E-state index in [9.17, 15) is 18.4 Å².